The number of rotatable bonds is 5. The molecule has 0 aromatic heterocycles. The molecule has 2 aromatic rings. The first-order chi connectivity index (χ1) is 10.0. The smallest absolute Gasteiger partial charge is 0.296 e. The average molecular weight is 294 g/mol. The van der Waals surface area contributed by atoms with Gasteiger partial charge in [-0.1, -0.05) is 12.1 Å². The van der Waals surface area contributed by atoms with Gasteiger partial charge in [-0.25, -0.2) is 8.78 Å². The first kappa shape index (κ1) is 14.7. The van der Waals surface area contributed by atoms with Gasteiger partial charge in [-0.05, 0) is 18.2 Å². The Morgan fingerprint density at radius 3 is 2.71 bits per heavy atom. The summed E-state index contributed by atoms with van der Waals surface area (Å²) in [5.74, 6) is -1.59. The largest absolute Gasteiger partial charge is 0.496 e. The molecule has 5 nitrogen and oxygen atoms in total. The Bertz CT molecular complexity index is 677. The van der Waals surface area contributed by atoms with Gasteiger partial charge in [0.1, 0.15) is 11.4 Å². The van der Waals surface area contributed by atoms with E-state index in [0.29, 0.717) is 5.75 Å². The van der Waals surface area contributed by atoms with Crippen molar-refractivity contribution in [1.29, 1.82) is 0 Å². The van der Waals surface area contributed by atoms with Crippen molar-refractivity contribution in [1.82, 2.24) is 0 Å². The maximum Gasteiger partial charge on any atom is 0.296 e. The Kier molecular flexibility index (Phi) is 4.32. The van der Waals surface area contributed by atoms with E-state index >= 15 is 0 Å². The van der Waals surface area contributed by atoms with Crippen molar-refractivity contribution in [2.75, 3.05) is 12.4 Å². The third-order valence-corrected chi connectivity index (χ3v) is 2.90. The van der Waals surface area contributed by atoms with Gasteiger partial charge in [0.25, 0.3) is 5.69 Å². The van der Waals surface area contributed by atoms with Crippen molar-refractivity contribution < 1.29 is 18.4 Å². The Morgan fingerprint density at radius 1 is 1.29 bits per heavy atom. The molecule has 0 saturated carbocycles. The number of halogens is 2. The fourth-order valence-corrected chi connectivity index (χ4v) is 1.81. The molecule has 0 atom stereocenters. The van der Waals surface area contributed by atoms with Crippen molar-refractivity contribution in [3.05, 3.63) is 63.7 Å². The molecule has 7 heteroatoms. The maximum atomic E-state index is 13.5. The highest BCUT2D eigenvalue weighted by Gasteiger charge is 2.16. The number of nitrogens with one attached hydrogen (secondary N) is 1. The Balaban J connectivity index is 2.23. The first-order valence-corrected chi connectivity index (χ1v) is 6.02. The number of anilines is 1. The molecule has 0 amide bonds. The van der Waals surface area contributed by atoms with E-state index < -0.39 is 16.6 Å². The van der Waals surface area contributed by atoms with E-state index in [9.17, 15) is 18.9 Å². The van der Waals surface area contributed by atoms with E-state index in [2.05, 4.69) is 5.32 Å². The highest BCUT2D eigenvalue weighted by molar-refractivity contribution is 5.64. The summed E-state index contributed by atoms with van der Waals surface area (Å²) in [6.07, 6.45) is 0. The highest BCUT2D eigenvalue weighted by Crippen LogP contribution is 2.29. The van der Waals surface area contributed by atoms with Gasteiger partial charge in [0, 0.05) is 12.1 Å². The standard InChI is InChI=1S/C14H12F2N2O3/c1-21-10-5-6-12(13(7-10)18(19)20)17-8-9-3-2-4-11(15)14(9)16/h2-7,17H,8H2,1H3. The van der Waals surface area contributed by atoms with E-state index in [0.717, 1.165) is 6.07 Å². The number of nitro benzene ring substituents is 1. The van der Waals surface area contributed by atoms with E-state index in [1.54, 1.807) is 0 Å². The average Bonchev–Trinajstić information content (AvgIpc) is 2.48. The van der Waals surface area contributed by atoms with Crippen molar-refractivity contribution >= 4 is 11.4 Å². The van der Waals surface area contributed by atoms with Gasteiger partial charge in [-0.3, -0.25) is 10.1 Å². The minimum Gasteiger partial charge on any atom is -0.496 e. The summed E-state index contributed by atoms with van der Waals surface area (Å²) in [5, 5.41) is 13.7. The van der Waals surface area contributed by atoms with E-state index in [4.69, 9.17) is 4.74 Å². The predicted octanol–water partition coefficient (Wildman–Crippen LogP) is 3.49. The Hall–Kier alpha value is -2.70. The molecule has 0 bridgehead atoms. The topological polar surface area (TPSA) is 64.4 Å². The number of ether oxygens (including phenoxy) is 1. The summed E-state index contributed by atoms with van der Waals surface area (Å²) < 4.78 is 31.5. The molecular formula is C14H12F2N2O3. The fourth-order valence-electron chi connectivity index (χ4n) is 1.81. The zero-order chi connectivity index (χ0) is 15.4. The minimum atomic E-state index is -0.971. The number of benzene rings is 2. The molecule has 0 heterocycles. The van der Waals surface area contributed by atoms with Crippen LogP contribution in [0.1, 0.15) is 5.56 Å². The number of hydrogen-bond acceptors (Lipinski definition) is 4. The molecule has 0 saturated heterocycles. The van der Waals surface area contributed by atoms with Crippen LogP contribution in [0.3, 0.4) is 0 Å². The maximum absolute atomic E-state index is 13.5. The van der Waals surface area contributed by atoms with Gasteiger partial charge in [0.2, 0.25) is 0 Å². The van der Waals surface area contributed by atoms with Crippen molar-refractivity contribution in [2.24, 2.45) is 0 Å². The number of nitrogens with zero attached hydrogens (tertiary/aromatic N) is 1. The molecule has 1 N–H and O–H groups in total. The molecule has 0 fully saturated rings. The summed E-state index contributed by atoms with van der Waals surface area (Å²) in [5.41, 5.74) is 0.0794. The SMILES string of the molecule is COc1ccc(NCc2cccc(F)c2F)c([N+](=O)[O-])c1. The summed E-state index contributed by atoms with van der Waals surface area (Å²) in [4.78, 5) is 10.4. The van der Waals surface area contributed by atoms with E-state index in [1.165, 1.54) is 37.4 Å². The van der Waals surface area contributed by atoms with Gasteiger partial charge in [-0.2, -0.15) is 0 Å². The minimum absolute atomic E-state index is 0.0727. The van der Waals surface area contributed by atoms with Gasteiger partial charge in [0.05, 0.1) is 18.1 Å². The lowest BCUT2D eigenvalue weighted by atomic mass is 10.2. The second kappa shape index (κ2) is 6.17. The summed E-state index contributed by atoms with van der Waals surface area (Å²) in [6.45, 7) is -0.0727. The van der Waals surface area contributed by atoms with Crippen LogP contribution in [0.15, 0.2) is 36.4 Å². The zero-order valence-electron chi connectivity index (χ0n) is 11.1. The third-order valence-electron chi connectivity index (χ3n) is 2.90. The molecule has 0 radical (unpaired) electrons. The van der Waals surface area contributed by atoms with E-state index in [-0.39, 0.29) is 23.5 Å². The second-order valence-corrected chi connectivity index (χ2v) is 4.21. The molecule has 0 aliphatic carbocycles. The quantitative estimate of drug-likeness (QED) is 0.677. The summed E-state index contributed by atoms with van der Waals surface area (Å²) >= 11 is 0. The fraction of sp³-hybridized carbons (Fsp3) is 0.143. The summed E-state index contributed by atoms with van der Waals surface area (Å²) in [6, 6.07) is 8.03. The monoisotopic (exact) mass is 294 g/mol. The molecular weight excluding hydrogens is 282 g/mol. The first-order valence-electron chi connectivity index (χ1n) is 6.02. The molecule has 21 heavy (non-hydrogen) atoms. The van der Waals surface area contributed by atoms with Crippen LogP contribution < -0.4 is 10.1 Å². The van der Waals surface area contributed by atoms with Crippen molar-refractivity contribution in [3.8, 4) is 5.75 Å². The highest BCUT2D eigenvalue weighted by atomic mass is 19.2. The van der Waals surface area contributed by atoms with Crippen LogP contribution in [-0.2, 0) is 6.54 Å². The molecule has 110 valence electrons. The lowest BCUT2D eigenvalue weighted by Gasteiger charge is -2.09. The van der Waals surface area contributed by atoms with Crippen LogP contribution in [0.4, 0.5) is 20.2 Å². The lowest BCUT2D eigenvalue weighted by molar-refractivity contribution is -0.384. The van der Waals surface area contributed by atoms with Crippen LogP contribution in [-0.4, -0.2) is 12.0 Å². The number of hydrogen-bond donors (Lipinski definition) is 1. The van der Waals surface area contributed by atoms with Crippen LogP contribution in [0.2, 0.25) is 0 Å². The number of nitro groups is 1. The second-order valence-electron chi connectivity index (χ2n) is 4.21. The van der Waals surface area contributed by atoms with Crippen LogP contribution in [0, 0.1) is 21.7 Å². The molecule has 2 aromatic carbocycles. The van der Waals surface area contributed by atoms with E-state index in [1.807, 2.05) is 0 Å². The van der Waals surface area contributed by atoms with Crippen LogP contribution >= 0.6 is 0 Å². The Morgan fingerprint density at radius 2 is 2.05 bits per heavy atom. The molecule has 0 aliphatic heterocycles. The predicted molar refractivity (Wildman–Crippen MR) is 73.3 cm³/mol. The van der Waals surface area contributed by atoms with Gasteiger partial charge < -0.3 is 10.1 Å². The molecule has 0 aliphatic rings. The zero-order valence-corrected chi connectivity index (χ0v) is 11.1. The molecule has 2 rings (SSSR count). The molecule has 0 unspecified atom stereocenters. The van der Waals surface area contributed by atoms with Crippen molar-refractivity contribution in [2.45, 2.75) is 6.54 Å². The van der Waals surface area contributed by atoms with Gasteiger partial charge in [-0.15, -0.1) is 0 Å². The normalized spacial score (nSPS) is 10.2. The number of methoxy groups -OCH3 is 1. The summed E-state index contributed by atoms with van der Waals surface area (Å²) in [7, 11) is 1.40. The third kappa shape index (κ3) is 3.25. The van der Waals surface area contributed by atoms with Crippen molar-refractivity contribution in [3.63, 3.8) is 0 Å². The van der Waals surface area contributed by atoms with Gasteiger partial charge >= 0.3 is 0 Å². The Labute approximate surface area is 119 Å². The van der Waals surface area contributed by atoms with Crippen LogP contribution in [0.5, 0.6) is 5.75 Å². The lowest BCUT2D eigenvalue weighted by Crippen LogP contribution is -2.05. The van der Waals surface area contributed by atoms with Crippen LogP contribution in [0.25, 0.3) is 0 Å². The molecule has 0 spiro atoms. The van der Waals surface area contributed by atoms with Gasteiger partial charge in [0.15, 0.2) is 11.6 Å².